The Kier molecular flexibility index (Phi) is 5.15. The van der Waals surface area contributed by atoms with E-state index in [9.17, 15) is 4.79 Å². The summed E-state index contributed by atoms with van der Waals surface area (Å²) in [7, 11) is 0. The van der Waals surface area contributed by atoms with E-state index < -0.39 is 0 Å². The van der Waals surface area contributed by atoms with E-state index in [1.165, 1.54) is 22.5 Å². The topological polar surface area (TPSA) is 59.8 Å². The third-order valence-corrected chi connectivity index (χ3v) is 6.39. The molecule has 2 aromatic heterocycles. The summed E-state index contributed by atoms with van der Waals surface area (Å²) in [6.45, 7) is 8.01. The summed E-state index contributed by atoms with van der Waals surface area (Å²) in [4.78, 5) is 17.4. The molecule has 7 heteroatoms. The van der Waals surface area contributed by atoms with Crippen molar-refractivity contribution in [2.75, 3.05) is 5.32 Å². The summed E-state index contributed by atoms with van der Waals surface area (Å²) in [5.74, 6) is 0.508. The molecule has 0 bridgehead atoms. The lowest BCUT2D eigenvalue weighted by atomic mass is 10.0. The van der Waals surface area contributed by atoms with Crippen LogP contribution in [0.5, 0.6) is 0 Å². The molecular formula is C22H21ClN4OS. The highest BCUT2D eigenvalue weighted by molar-refractivity contribution is 7.21. The molecule has 4 aromatic rings. The van der Waals surface area contributed by atoms with Crippen LogP contribution in [0.4, 0.5) is 5.82 Å². The van der Waals surface area contributed by atoms with Crippen LogP contribution in [-0.2, 0) is 11.2 Å². The first kappa shape index (κ1) is 19.6. The van der Waals surface area contributed by atoms with Crippen molar-refractivity contribution >= 4 is 44.9 Å². The van der Waals surface area contributed by atoms with Crippen molar-refractivity contribution in [1.29, 1.82) is 0 Å². The second-order valence-electron chi connectivity index (χ2n) is 7.26. The number of hydrogen-bond donors (Lipinski definition) is 1. The number of nitrogens with one attached hydrogen (secondary N) is 1. The van der Waals surface area contributed by atoms with Crippen molar-refractivity contribution < 1.29 is 4.79 Å². The van der Waals surface area contributed by atoms with Crippen LogP contribution in [0.2, 0.25) is 5.02 Å². The molecule has 0 saturated heterocycles. The number of hydrogen-bond acceptors (Lipinski definition) is 4. The molecule has 0 spiro atoms. The number of fused-ring (bicyclic) bond motifs is 1. The fraction of sp³-hybridized carbons (Fsp3) is 0.227. The van der Waals surface area contributed by atoms with Crippen LogP contribution >= 0.6 is 22.9 Å². The Bertz CT molecular complexity index is 1200. The second-order valence-corrected chi connectivity index (χ2v) is 8.65. The van der Waals surface area contributed by atoms with E-state index in [1.54, 1.807) is 4.68 Å². The van der Waals surface area contributed by atoms with Crippen LogP contribution in [0.15, 0.2) is 36.4 Å². The van der Waals surface area contributed by atoms with Crippen LogP contribution in [0, 0.1) is 27.7 Å². The molecule has 0 radical (unpaired) electrons. The van der Waals surface area contributed by atoms with Crippen LogP contribution in [0.1, 0.15) is 27.9 Å². The Balaban J connectivity index is 1.63. The molecule has 1 amide bonds. The Morgan fingerprint density at radius 2 is 1.83 bits per heavy atom. The maximum Gasteiger partial charge on any atom is 0.229 e. The Hall–Kier alpha value is -2.70. The third-order valence-electron chi connectivity index (χ3n) is 4.90. The van der Waals surface area contributed by atoms with Gasteiger partial charge in [0, 0.05) is 6.07 Å². The van der Waals surface area contributed by atoms with Gasteiger partial charge in [0.25, 0.3) is 0 Å². The Morgan fingerprint density at radius 1 is 1.07 bits per heavy atom. The number of aryl methyl sites for hydroxylation is 4. The highest BCUT2D eigenvalue weighted by Gasteiger charge is 2.17. The van der Waals surface area contributed by atoms with Gasteiger partial charge in [0.05, 0.1) is 27.4 Å². The average Bonchev–Trinajstić information content (AvgIpc) is 3.26. The molecule has 0 unspecified atom stereocenters. The van der Waals surface area contributed by atoms with Crippen LogP contribution in [-0.4, -0.2) is 20.7 Å². The van der Waals surface area contributed by atoms with Crippen molar-refractivity contribution in [1.82, 2.24) is 14.8 Å². The molecule has 0 saturated carbocycles. The zero-order valence-electron chi connectivity index (χ0n) is 16.7. The van der Waals surface area contributed by atoms with Gasteiger partial charge in [-0.05, 0) is 56.0 Å². The highest BCUT2D eigenvalue weighted by Crippen LogP contribution is 2.34. The lowest BCUT2D eigenvalue weighted by molar-refractivity contribution is -0.115. The highest BCUT2D eigenvalue weighted by atomic mass is 35.5. The van der Waals surface area contributed by atoms with E-state index in [0.29, 0.717) is 22.4 Å². The fourth-order valence-electron chi connectivity index (χ4n) is 3.20. The predicted molar refractivity (Wildman–Crippen MR) is 119 cm³/mol. The number of thiazole rings is 1. The number of nitrogens with zero attached hydrogens (tertiary/aromatic N) is 3. The molecule has 1 N–H and O–H groups in total. The fourth-order valence-corrected chi connectivity index (χ4v) is 4.48. The Labute approximate surface area is 178 Å². The predicted octanol–water partition coefficient (Wildman–Crippen LogP) is 5.55. The van der Waals surface area contributed by atoms with E-state index in [-0.39, 0.29) is 5.91 Å². The van der Waals surface area contributed by atoms with Crippen molar-refractivity contribution in [3.05, 3.63) is 69.4 Å². The van der Waals surface area contributed by atoms with E-state index >= 15 is 0 Å². The van der Waals surface area contributed by atoms with Crippen molar-refractivity contribution in [3.8, 4) is 5.13 Å². The summed E-state index contributed by atoms with van der Waals surface area (Å²) in [6, 6.07) is 11.8. The molecule has 0 aliphatic carbocycles. The number of halogens is 1. The first-order valence-corrected chi connectivity index (χ1v) is 10.5. The molecule has 2 heterocycles. The molecule has 2 aromatic carbocycles. The van der Waals surface area contributed by atoms with Crippen molar-refractivity contribution in [2.24, 2.45) is 0 Å². The minimum atomic E-state index is -0.0928. The summed E-state index contributed by atoms with van der Waals surface area (Å²) in [5.41, 5.74) is 6.09. The maximum absolute atomic E-state index is 12.7. The van der Waals surface area contributed by atoms with Gasteiger partial charge in [0.15, 0.2) is 0 Å². The molecule has 0 fully saturated rings. The van der Waals surface area contributed by atoms with Gasteiger partial charge in [0.1, 0.15) is 5.82 Å². The summed E-state index contributed by atoms with van der Waals surface area (Å²) >= 11 is 7.80. The van der Waals surface area contributed by atoms with E-state index in [0.717, 1.165) is 27.0 Å². The third kappa shape index (κ3) is 3.91. The van der Waals surface area contributed by atoms with E-state index in [2.05, 4.69) is 30.3 Å². The zero-order valence-corrected chi connectivity index (χ0v) is 18.3. The number of amides is 1. The largest absolute Gasteiger partial charge is 0.310 e. The SMILES string of the molecule is Cc1cc(NC(=O)Cc2ccc(C)c(C)c2)n(-c2nc3c(C)ccc(Cl)c3s2)n1. The molecule has 5 nitrogen and oxygen atoms in total. The van der Waals surface area contributed by atoms with Crippen molar-refractivity contribution in [3.63, 3.8) is 0 Å². The monoisotopic (exact) mass is 424 g/mol. The van der Waals surface area contributed by atoms with Crippen LogP contribution < -0.4 is 5.32 Å². The summed E-state index contributed by atoms with van der Waals surface area (Å²) < 4.78 is 2.59. The first-order chi connectivity index (χ1) is 13.8. The molecule has 0 atom stereocenters. The zero-order chi connectivity index (χ0) is 20.7. The number of benzene rings is 2. The Morgan fingerprint density at radius 3 is 2.55 bits per heavy atom. The number of rotatable bonds is 4. The van der Waals surface area contributed by atoms with Gasteiger partial charge in [-0.25, -0.2) is 4.98 Å². The van der Waals surface area contributed by atoms with Gasteiger partial charge in [0.2, 0.25) is 11.0 Å². The molecule has 29 heavy (non-hydrogen) atoms. The smallest absolute Gasteiger partial charge is 0.229 e. The van der Waals surface area contributed by atoms with Crippen LogP contribution in [0.25, 0.3) is 15.3 Å². The number of carbonyl (C=O) groups is 1. The summed E-state index contributed by atoms with van der Waals surface area (Å²) in [6.07, 6.45) is 0.302. The lowest BCUT2D eigenvalue weighted by Gasteiger charge is -2.08. The minimum Gasteiger partial charge on any atom is -0.310 e. The van der Waals surface area contributed by atoms with Gasteiger partial charge in [-0.3, -0.25) is 4.79 Å². The quantitative estimate of drug-likeness (QED) is 0.467. The van der Waals surface area contributed by atoms with Gasteiger partial charge in [-0.2, -0.15) is 9.78 Å². The summed E-state index contributed by atoms with van der Waals surface area (Å²) in [5, 5.41) is 8.85. The van der Waals surface area contributed by atoms with Gasteiger partial charge >= 0.3 is 0 Å². The van der Waals surface area contributed by atoms with Crippen LogP contribution in [0.3, 0.4) is 0 Å². The van der Waals surface area contributed by atoms with Crippen molar-refractivity contribution in [2.45, 2.75) is 34.1 Å². The first-order valence-electron chi connectivity index (χ1n) is 9.30. The molecule has 0 aliphatic heterocycles. The molecule has 148 valence electrons. The van der Waals surface area contributed by atoms with Gasteiger partial charge in [-0.1, -0.05) is 47.2 Å². The lowest BCUT2D eigenvalue weighted by Crippen LogP contribution is -2.17. The van der Waals surface area contributed by atoms with E-state index in [4.69, 9.17) is 16.6 Å². The molecule has 0 aliphatic rings. The maximum atomic E-state index is 12.7. The second kappa shape index (κ2) is 7.61. The number of aromatic nitrogens is 3. The number of anilines is 1. The normalized spacial score (nSPS) is 11.2. The number of carbonyl (C=O) groups excluding carboxylic acids is 1. The molecular weight excluding hydrogens is 404 g/mol. The standard InChI is InChI=1S/C22H21ClN4OS/c1-12-5-7-16(9-14(12)3)11-19(28)24-18-10-15(4)26-27(18)22-25-20-13(2)6-8-17(23)21(20)29-22/h5-10H,11H2,1-4H3,(H,24,28). The van der Waals surface area contributed by atoms with Gasteiger partial charge in [-0.15, -0.1) is 0 Å². The average molecular weight is 425 g/mol. The van der Waals surface area contributed by atoms with E-state index in [1.807, 2.05) is 44.2 Å². The van der Waals surface area contributed by atoms with Gasteiger partial charge < -0.3 is 5.32 Å². The minimum absolute atomic E-state index is 0.0928. The molecule has 4 rings (SSSR count).